The molecule has 2 aromatic carbocycles. The van der Waals surface area contributed by atoms with Gasteiger partial charge in [0.2, 0.25) is 10.0 Å². The molecular formula is C26H32N4O5S. The SMILES string of the molecule is CCn1cc(C(C)CC(CC(=O)O)c2ccc(C)c(CN3CCOc4ccccc4S3(=O)=O)c2)nn1. The zero-order valence-electron chi connectivity index (χ0n) is 20.8. The van der Waals surface area contributed by atoms with Crippen LogP contribution in [0.15, 0.2) is 53.6 Å². The van der Waals surface area contributed by atoms with Crippen molar-refractivity contribution in [2.75, 3.05) is 13.2 Å². The highest BCUT2D eigenvalue weighted by molar-refractivity contribution is 7.89. The highest BCUT2D eigenvalue weighted by atomic mass is 32.2. The largest absolute Gasteiger partial charge is 0.491 e. The van der Waals surface area contributed by atoms with E-state index in [0.29, 0.717) is 18.7 Å². The fraction of sp³-hybridized carbons (Fsp3) is 0.423. The van der Waals surface area contributed by atoms with Crippen molar-refractivity contribution in [2.24, 2.45) is 0 Å². The summed E-state index contributed by atoms with van der Waals surface area (Å²) in [6.07, 6.45) is 2.45. The number of carboxylic acids is 1. The monoisotopic (exact) mass is 512 g/mol. The van der Waals surface area contributed by atoms with E-state index in [1.165, 1.54) is 4.31 Å². The van der Waals surface area contributed by atoms with Crippen LogP contribution in [0.25, 0.3) is 0 Å². The Bertz CT molecular complexity index is 1340. The maximum absolute atomic E-state index is 13.4. The van der Waals surface area contributed by atoms with Crippen LogP contribution in [0.4, 0.5) is 0 Å². The molecule has 0 fully saturated rings. The third-order valence-electron chi connectivity index (χ3n) is 6.70. The summed E-state index contributed by atoms with van der Waals surface area (Å²) in [6, 6.07) is 12.5. The first-order valence-corrected chi connectivity index (χ1v) is 13.6. The molecule has 2 atom stereocenters. The van der Waals surface area contributed by atoms with Crippen molar-refractivity contribution < 1.29 is 23.1 Å². The third kappa shape index (κ3) is 5.60. The summed E-state index contributed by atoms with van der Waals surface area (Å²) in [6.45, 7) is 7.32. The number of sulfonamides is 1. The average Bonchev–Trinajstić information content (AvgIpc) is 3.29. The third-order valence-corrected chi connectivity index (χ3v) is 8.59. The predicted octanol–water partition coefficient (Wildman–Crippen LogP) is 3.94. The van der Waals surface area contributed by atoms with Gasteiger partial charge < -0.3 is 9.84 Å². The van der Waals surface area contributed by atoms with Gasteiger partial charge >= 0.3 is 5.97 Å². The zero-order chi connectivity index (χ0) is 25.9. The number of aryl methyl sites for hydroxylation is 2. The average molecular weight is 513 g/mol. The van der Waals surface area contributed by atoms with Crippen LogP contribution in [-0.4, -0.2) is 51.9 Å². The van der Waals surface area contributed by atoms with Gasteiger partial charge in [0, 0.05) is 31.7 Å². The maximum atomic E-state index is 13.4. The van der Waals surface area contributed by atoms with Gasteiger partial charge in [-0.2, -0.15) is 4.31 Å². The minimum Gasteiger partial charge on any atom is -0.491 e. The Morgan fingerprint density at radius 3 is 2.72 bits per heavy atom. The van der Waals surface area contributed by atoms with Crippen molar-refractivity contribution in [1.82, 2.24) is 19.3 Å². The first-order chi connectivity index (χ1) is 17.2. The van der Waals surface area contributed by atoms with Gasteiger partial charge in [0.1, 0.15) is 17.3 Å². The van der Waals surface area contributed by atoms with Crippen molar-refractivity contribution >= 4 is 16.0 Å². The number of nitrogens with zero attached hydrogens (tertiary/aromatic N) is 4. The fourth-order valence-electron chi connectivity index (χ4n) is 4.56. The minimum absolute atomic E-state index is 0.0130. The number of hydrogen-bond donors (Lipinski definition) is 1. The normalized spacial score (nSPS) is 17.0. The Morgan fingerprint density at radius 2 is 2.00 bits per heavy atom. The molecule has 1 aliphatic rings. The van der Waals surface area contributed by atoms with Crippen molar-refractivity contribution in [3.05, 3.63) is 71.0 Å². The summed E-state index contributed by atoms with van der Waals surface area (Å²) in [4.78, 5) is 11.9. The number of carboxylic acid groups (broad SMARTS) is 1. The van der Waals surface area contributed by atoms with Crippen LogP contribution in [-0.2, 0) is 27.9 Å². The number of ether oxygens (including phenoxy) is 1. The second-order valence-electron chi connectivity index (χ2n) is 9.25. The molecule has 3 aromatic rings. The predicted molar refractivity (Wildman–Crippen MR) is 134 cm³/mol. The molecule has 2 unspecified atom stereocenters. The van der Waals surface area contributed by atoms with Crippen LogP contribution in [0.2, 0.25) is 0 Å². The topological polar surface area (TPSA) is 115 Å². The number of rotatable bonds is 9. The summed E-state index contributed by atoms with van der Waals surface area (Å²) >= 11 is 0. The van der Waals surface area contributed by atoms with Gasteiger partial charge in [-0.25, -0.2) is 8.42 Å². The van der Waals surface area contributed by atoms with Crippen LogP contribution >= 0.6 is 0 Å². The number of aromatic nitrogens is 3. The Balaban J connectivity index is 1.61. The molecule has 1 aliphatic heterocycles. The lowest BCUT2D eigenvalue weighted by Gasteiger charge is -2.23. The summed E-state index contributed by atoms with van der Waals surface area (Å²) in [5.41, 5.74) is 3.49. The highest BCUT2D eigenvalue weighted by Gasteiger charge is 2.31. The van der Waals surface area contributed by atoms with Crippen molar-refractivity contribution in [2.45, 2.75) is 63.4 Å². The van der Waals surface area contributed by atoms with Crippen LogP contribution < -0.4 is 4.74 Å². The smallest absolute Gasteiger partial charge is 0.303 e. The number of para-hydroxylation sites is 1. The van der Waals surface area contributed by atoms with Gasteiger partial charge in [-0.1, -0.05) is 42.5 Å². The maximum Gasteiger partial charge on any atom is 0.303 e. The highest BCUT2D eigenvalue weighted by Crippen LogP contribution is 2.34. The molecule has 36 heavy (non-hydrogen) atoms. The Morgan fingerprint density at radius 1 is 1.22 bits per heavy atom. The molecule has 0 saturated carbocycles. The van der Waals surface area contributed by atoms with Crippen LogP contribution in [0, 0.1) is 6.92 Å². The standard InChI is InChI=1S/C26H32N4O5S/c1-4-29-17-23(27-28-29)19(3)13-21(15-26(31)32)20-10-9-18(2)22(14-20)16-30-11-12-35-24-7-5-6-8-25(24)36(30,33)34/h5-10,14,17,19,21H,4,11-13,15-16H2,1-3H3,(H,31,32). The summed E-state index contributed by atoms with van der Waals surface area (Å²) in [7, 11) is -3.74. The molecule has 4 rings (SSSR count). The summed E-state index contributed by atoms with van der Waals surface area (Å²) in [5, 5.41) is 18.0. The fourth-order valence-corrected chi connectivity index (χ4v) is 6.09. The van der Waals surface area contributed by atoms with Gasteiger partial charge in [-0.15, -0.1) is 5.10 Å². The number of fused-ring (bicyclic) bond motifs is 1. The zero-order valence-corrected chi connectivity index (χ0v) is 21.6. The van der Waals surface area contributed by atoms with E-state index < -0.39 is 16.0 Å². The van der Waals surface area contributed by atoms with Crippen molar-refractivity contribution in [1.29, 1.82) is 0 Å². The summed E-state index contributed by atoms with van der Waals surface area (Å²) in [5.74, 6) is -0.760. The number of hydrogen-bond acceptors (Lipinski definition) is 6. The molecule has 0 bridgehead atoms. The molecule has 2 heterocycles. The van der Waals surface area contributed by atoms with Crippen molar-refractivity contribution in [3.8, 4) is 5.75 Å². The van der Waals surface area contributed by atoms with E-state index in [-0.39, 0.29) is 42.8 Å². The van der Waals surface area contributed by atoms with Gasteiger partial charge in [0.15, 0.2) is 0 Å². The number of benzene rings is 2. The van der Waals surface area contributed by atoms with E-state index in [1.54, 1.807) is 28.9 Å². The molecule has 1 aromatic heterocycles. The Labute approximate surface area is 211 Å². The molecule has 0 amide bonds. The van der Waals surface area contributed by atoms with E-state index in [9.17, 15) is 18.3 Å². The van der Waals surface area contributed by atoms with E-state index in [1.807, 2.05) is 45.2 Å². The lowest BCUT2D eigenvalue weighted by Crippen LogP contribution is -2.32. The molecule has 0 aliphatic carbocycles. The van der Waals surface area contributed by atoms with E-state index in [2.05, 4.69) is 10.3 Å². The van der Waals surface area contributed by atoms with Gasteiger partial charge in [-0.05, 0) is 55.0 Å². The van der Waals surface area contributed by atoms with E-state index in [0.717, 1.165) is 22.4 Å². The molecular weight excluding hydrogens is 480 g/mol. The Hall–Kier alpha value is -3.24. The molecule has 0 spiro atoms. The second kappa shape index (κ2) is 10.8. The first-order valence-electron chi connectivity index (χ1n) is 12.1. The second-order valence-corrected chi connectivity index (χ2v) is 11.2. The Kier molecular flexibility index (Phi) is 7.75. The van der Waals surface area contributed by atoms with Crippen LogP contribution in [0.1, 0.15) is 60.9 Å². The molecule has 0 radical (unpaired) electrons. The number of aliphatic carboxylic acids is 1. The van der Waals surface area contributed by atoms with E-state index in [4.69, 9.17) is 4.74 Å². The lowest BCUT2D eigenvalue weighted by molar-refractivity contribution is -0.137. The molecule has 0 saturated heterocycles. The van der Waals surface area contributed by atoms with Crippen LogP contribution in [0.5, 0.6) is 5.75 Å². The van der Waals surface area contributed by atoms with E-state index >= 15 is 0 Å². The van der Waals surface area contributed by atoms with Gasteiger partial charge in [0.05, 0.1) is 12.1 Å². The minimum atomic E-state index is -3.74. The molecule has 192 valence electrons. The van der Waals surface area contributed by atoms with Crippen molar-refractivity contribution in [3.63, 3.8) is 0 Å². The molecule has 9 nitrogen and oxygen atoms in total. The quantitative estimate of drug-likeness (QED) is 0.462. The van der Waals surface area contributed by atoms with Gasteiger partial charge in [-0.3, -0.25) is 9.48 Å². The molecule has 1 N–H and O–H groups in total. The number of carbonyl (C=O) groups is 1. The van der Waals surface area contributed by atoms with Crippen LogP contribution in [0.3, 0.4) is 0 Å². The lowest BCUT2D eigenvalue weighted by atomic mass is 9.85. The first kappa shape index (κ1) is 25.8. The summed E-state index contributed by atoms with van der Waals surface area (Å²) < 4.78 is 35.6. The van der Waals surface area contributed by atoms with Gasteiger partial charge in [0.25, 0.3) is 0 Å². The molecule has 10 heteroatoms.